The van der Waals surface area contributed by atoms with Crippen molar-refractivity contribution in [3.8, 4) is 0 Å². The molecular weight excluding hydrogens is 288 g/mol. The fraction of sp³-hybridized carbons (Fsp3) is 0.533. The van der Waals surface area contributed by atoms with E-state index in [4.69, 9.17) is 9.52 Å². The van der Waals surface area contributed by atoms with Crippen LogP contribution >= 0.6 is 0 Å². The van der Waals surface area contributed by atoms with Crippen LogP contribution in [0.3, 0.4) is 0 Å². The van der Waals surface area contributed by atoms with Crippen LogP contribution < -0.4 is 10.6 Å². The summed E-state index contributed by atoms with van der Waals surface area (Å²) in [5, 5.41) is 14.3. The second kappa shape index (κ2) is 8.86. The average molecular weight is 310 g/mol. The van der Waals surface area contributed by atoms with E-state index in [-0.39, 0.29) is 30.3 Å². The van der Waals surface area contributed by atoms with E-state index in [9.17, 15) is 14.4 Å². The molecule has 0 saturated carbocycles. The number of hydrogen-bond donors (Lipinski definition) is 3. The third kappa shape index (κ3) is 5.99. The molecule has 0 radical (unpaired) electrons. The lowest BCUT2D eigenvalue weighted by molar-refractivity contribution is -0.122. The Morgan fingerprint density at radius 1 is 1.18 bits per heavy atom. The molecule has 0 saturated heterocycles. The van der Waals surface area contributed by atoms with Crippen LogP contribution in [0.5, 0.6) is 0 Å². The number of hydrogen-bond acceptors (Lipinski definition) is 4. The van der Waals surface area contributed by atoms with Gasteiger partial charge in [0.25, 0.3) is 0 Å². The highest BCUT2D eigenvalue weighted by atomic mass is 16.4. The van der Waals surface area contributed by atoms with E-state index < -0.39 is 5.97 Å². The molecule has 1 rings (SSSR count). The molecule has 0 aliphatic heterocycles. The van der Waals surface area contributed by atoms with Gasteiger partial charge in [0, 0.05) is 19.4 Å². The van der Waals surface area contributed by atoms with Gasteiger partial charge in [-0.2, -0.15) is 0 Å². The molecule has 0 aliphatic carbocycles. The van der Waals surface area contributed by atoms with E-state index in [1.54, 1.807) is 6.92 Å². The number of furan rings is 1. The van der Waals surface area contributed by atoms with Crippen LogP contribution in [0.2, 0.25) is 0 Å². The summed E-state index contributed by atoms with van der Waals surface area (Å²) < 4.78 is 5.25. The van der Waals surface area contributed by atoms with Gasteiger partial charge in [0.2, 0.25) is 11.8 Å². The molecule has 0 bridgehead atoms. The maximum atomic E-state index is 11.6. The minimum atomic E-state index is -1.06. The first-order chi connectivity index (χ1) is 10.4. The Bertz CT molecular complexity index is 536. The Balaban J connectivity index is 2.27. The predicted molar refractivity (Wildman–Crippen MR) is 79.4 cm³/mol. The number of rotatable bonds is 9. The van der Waals surface area contributed by atoms with E-state index in [1.807, 2.05) is 6.92 Å². The summed E-state index contributed by atoms with van der Waals surface area (Å²) in [7, 11) is 0. The van der Waals surface area contributed by atoms with Crippen LogP contribution in [-0.4, -0.2) is 29.4 Å². The Labute approximate surface area is 129 Å². The Kier molecular flexibility index (Phi) is 7.15. The first-order valence-corrected chi connectivity index (χ1v) is 7.30. The molecule has 0 unspecified atom stereocenters. The lowest BCUT2D eigenvalue weighted by Crippen LogP contribution is -2.25. The number of carboxylic acid groups (broad SMARTS) is 1. The minimum absolute atomic E-state index is 0.0533. The van der Waals surface area contributed by atoms with Crippen molar-refractivity contribution in [1.82, 2.24) is 10.6 Å². The van der Waals surface area contributed by atoms with Crippen LogP contribution in [-0.2, 0) is 16.1 Å². The molecular formula is C15H22N2O5. The third-order valence-electron chi connectivity index (χ3n) is 3.04. The maximum Gasteiger partial charge on any atom is 0.339 e. The van der Waals surface area contributed by atoms with Crippen molar-refractivity contribution in [3.63, 3.8) is 0 Å². The van der Waals surface area contributed by atoms with Gasteiger partial charge in [-0.15, -0.1) is 0 Å². The fourth-order valence-electron chi connectivity index (χ4n) is 1.88. The molecule has 1 aromatic rings. The summed E-state index contributed by atoms with van der Waals surface area (Å²) in [6.07, 6.45) is 1.91. The highest BCUT2D eigenvalue weighted by molar-refractivity contribution is 5.88. The molecule has 7 nitrogen and oxygen atoms in total. The van der Waals surface area contributed by atoms with E-state index in [2.05, 4.69) is 10.6 Å². The van der Waals surface area contributed by atoms with Crippen LogP contribution in [0.1, 0.15) is 54.5 Å². The van der Waals surface area contributed by atoms with Gasteiger partial charge < -0.3 is 20.2 Å². The molecule has 0 aromatic carbocycles. The van der Waals surface area contributed by atoms with Crippen molar-refractivity contribution in [2.45, 2.75) is 46.1 Å². The largest absolute Gasteiger partial charge is 0.478 e. The van der Waals surface area contributed by atoms with Crippen molar-refractivity contribution in [3.05, 3.63) is 23.2 Å². The zero-order valence-electron chi connectivity index (χ0n) is 12.9. The Hall–Kier alpha value is -2.31. The lowest BCUT2D eigenvalue weighted by atomic mass is 10.2. The van der Waals surface area contributed by atoms with Gasteiger partial charge in [-0.25, -0.2) is 4.79 Å². The van der Waals surface area contributed by atoms with Gasteiger partial charge in [-0.1, -0.05) is 6.92 Å². The van der Waals surface area contributed by atoms with Crippen LogP contribution in [0, 0.1) is 6.92 Å². The van der Waals surface area contributed by atoms with Crippen molar-refractivity contribution >= 4 is 17.8 Å². The zero-order valence-corrected chi connectivity index (χ0v) is 12.9. The van der Waals surface area contributed by atoms with Gasteiger partial charge in [0.1, 0.15) is 17.1 Å². The summed E-state index contributed by atoms with van der Waals surface area (Å²) >= 11 is 0. The second-order valence-electron chi connectivity index (χ2n) is 4.97. The third-order valence-corrected chi connectivity index (χ3v) is 3.04. The minimum Gasteiger partial charge on any atom is -0.478 e. The van der Waals surface area contributed by atoms with Crippen molar-refractivity contribution in [2.75, 3.05) is 6.54 Å². The van der Waals surface area contributed by atoms with Gasteiger partial charge in [0.05, 0.1) is 6.54 Å². The Morgan fingerprint density at radius 3 is 2.36 bits per heavy atom. The summed E-state index contributed by atoms with van der Waals surface area (Å²) in [6.45, 7) is 4.31. The standard InChI is InChI=1S/C15H22N2O5/c1-3-7-16-13(18)5-4-6-14(19)17-9-11-8-12(15(20)21)10(2)22-11/h8H,3-7,9H2,1-2H3,(H,16,18)(H,17,19)(H,20,21). The molecule has 0 aliphatic rings. The molecule has 0 atom stereocenters. The van der Waals surface area contributed by atoms with Crippen molar-refractivity contribution < 1.29 is 23.9 Å². The molecule has 3 N–H and O–H groups in total. The quantitative estimate of drug-likeness (QED) is 0.642. The zero-order chi connectivity index (χ0) is 16.5. The summed E-state index contributed by atoms with van der Waals surface area (Å²) in [5.41, 5.74) is 0.0943. The number of aromatic carboxylic acids is 1. The van der Waals surface area contributed by atoms with E-state index in [1.165, 1.54) is 6.07 Å². The molecule has 0 fully saturated rings. The topological polar surface area (TPSA) is 109 Å². The summed E-state index contributed by atoms with van der Waals surface area (Å²) in [6, 6.07) is 1.40. The van der Waals surface area contributed by atoms with Crippen LogP contribution in [0.4, 0.5) is 0 Å². The number of nitrogens with one attached hydrogen (secondary N) is 2. The number of carbonyl (C=O) groups is 3. The molecule has 2 amide bonds. The highest BCUT2D eigenvalue weighted by Crippen LogP contribution is 2.14. The Morgan fingerprint density at radius 2 is 1.82 bits per heavy atom. The first-order valence-electron chi connectivity index (χ1n) is 7.30. The average Bonchev–Trinajstić information content (AvgIpc) is 2.84. The number of aryl methyl sites for hydroxylation is 1. The van der Waals surface area contributed by atoms with Gasteiger partial charge >= 0.3 is 5.97 Å². The summed E-state index contributed by atoms with van der Waals surface area (Å²) in [5.74, 6) is -0.609. The summed E-state index contributed by atoms with van der Waals surface area (Å²) in [4.78, 5) is 33.9. The second-order valence-corrected chi connectivity index (χ2v) is 4.97. The van der Waals surface area contributed by atoms with Gasteiger partial charge in [-0.05, 0) is 25.8 Å². The molecule has 1 heterocycles. The van der Waals surface area contributed by atoms with E-state index in [0.717, 1.165) is 6.42 Å². The predicted octanol–water partition coefficient (Wildman–Crippen LogP) is 1.60. The number of carbonyl (C=O) groups excluding carboxylic acids is 2. The van der Waals surface area contributed by atoms with Crippen LogP contribution in [0.25, 0.3) is 0 Å². The molecule has 1 aromatic heterocycles. The van der Waals surface area contributed by atoms with Gasteiger partial charge in [0.15, 0.2) is 0 Å². The SMILES string of the molecule is CCCNC(=O)CCCC(=O)NCc1cc(C(=O)O)c(C)o1. The maximum absolute atomic E-state index is 11.6. The number of carboxylic acids is 1. The van der Waals surface area contributed by atoms with E-state index in [0.29, 0.717) is 30.9 Å². The van der Waals surface area contributed by atoms with Crippen molar-refractivity contribution in [2.24, 2.45) is 0 Å². The molecule has 22 heavy (non-hydrogen) atoms. The van der Waals surface area contributed by atoms with Crippen LogP contribution in [0.15, 0.2) is 10.5 Å². The first kappa shape index (κ1) is 17.7. The monoisotopic (exact) mass is 310 g/mol. The molecule has 0 spiro atoms. The fourth-order valence-corrected chi connectivity index (χ4v) is 1.88. The number of amides is 2. The smallest absolute Gasteiger partial charge is 0.339 e. The molecule has 7 heteroatoms. The van der Waals surface area contributed by atoms with E-state index >= 15 is 0 Å². The van der Waals surface area contributed by atoms with Gasteiger partial charge in [-0.3, -0.25) is 9.59 Å². The van der Waals surface area contributed by atoms with Crippen molar-refractivity contribution in [1.29, 1.82) is 0 Å². The molecule has 122 valence electrons. The highest BCUT2D eigenvalue weighted by Gasteiger charge is 2.14. The normalized spacial score (nSPS) is 10.3. The lowest BCUT2D eigenvalue weighted by Gasteiger charge is -2.04.